The van der Waals surface area contributed by atoms with Crippen molar-refractivity contribution in [1.82, 2.24) is 10.2 Å². The Morgan fingerprint density at radius 1 is 1.15 bits per heavy atom. The van der Waals surface area contributed by atoms with E-state index in [1.807, 2.05) is 64.1 Å². The summed E-state index contributed by atoms with van der Waals surface area (Å²) in [6.45, 7) is 9.76. The van der Waals surface area contributed by atoms with Crippen molar-refractivity contribution in [3.8, 4) is 22.9 Å². The third-order valence-electron chi connectivity index (χ3n) is 6.59. The van der Waals surface area contributed by atoms with Crippen LogP contribution in [0.25, 0.3) is 11.1 Å². The van der Waals surface area contributed by atoms with Gasteiger partial charge in [-0.15, -0.1) is 0 Å². The Balaban J connectivity index is 1.63. The summed E-state index contributed by atoms with van der Waals surface area (Å²) in [7, 11) is 0. The van der Waals surface area contributed by atoms with E-state index in [4.69, 9.17) is 4.74 Å². The highest BCUT2D eigenvalue weighted by Crippen LogP contribution is 2.30. The topological polar surface area (TPSA) is 85.6 Å². The molecule has 0 spiro atoms. The molecule has 2 N–H and O–H groups in total. The normalized spacial score (nSPS) is 18.2. The lowest BCUT2D eigenvalue weighted by molar-refractivity contribution is 0.0812. The second-order valence-corrected chi connectivity index (χ2v) is 10.1. The second kappa shape index (κ2) is 11.4. The summed E-state index contributed by atoms with van der Waals surface area (Å²) in [6.07, 6.45) is 3.29. The van der Waals surface area contributed by atoms with E-state index in [9.17, 15) is 15.2 Å². The maximum absolute atomic E-state index is 11.7. The molecule has 0 aromatic heterocycles. The molecule has 0 unspecified atom stereocenters. The van der Waals surface area contributed by atoms with Gasteiger partial charge in [-0.25, -0.2) is 4.79 Å². The van der Waals surface area contributed by atoms with Crippen molar-refractivity contribution in [1.29, 1.82) is 5.26 Å². The number of rotatable bonds is 8. The van der Waals surface area contributed by atoms with Gasteiger partial charge >= 0.3 is 6.09 Å². The number of amides is 1. The van der Waals surface area contributed by atoms with Crippen LogP contribution >= 0.6 is 0 Å². The lowest BCUT2D eigenvalue weighted by Crippen LogP contribution is -2.48. The molecule has 1 fully saturated rings. The summed E-state index contributed by atoms with van der Waals surface area (Å²) in [5, 5.41) is 22.5. The first kappa shape index (κ1) is 25.6. The molecule has 0 radical (unpaired) electrons. The van der Waals surface area contributed by atoms with E-state index in [1.165, 1.54) is 0 Å². The molecule has 182 valence electrons. The fourth-order valence-corrected chi connectivity index (χ4v) is 4.66. The van der Waals surface area contributed by atoms with Crippen molar-refractivity contribution in [2.75, 3.05) is 13.2 Å². The van der Waals surface area contributed by atoms with E-state index >= 15 is 0 Å². The third kappa shape index (κ3) is 6.74. The van der Waals surface area contributed by atoms with Gasteiger partial charge < -0.3 is 20.1 Å². The summed E-state index contributed by atoms with van der Waals surface area (Å²) in [6, 6.07) is 16.5. The molecule has 2 aromatic rings. The number of ether oxygens (including phenoxy) is 1. The number of carboxylic acid groups (broad SMARTS) is 1. The van der Waals surface area contributed by atoms with Crippen LogP contribution in [0.3, 0.4) is 0 Å². The Morgan fingerprint density at radius 3 is 2.47 bits per heavy atom. The van der Waals surface area contributed by atoms with Gasteiger partial charge in [0, 0.05) is 30.2 Å². The van der Waals surface area contributed by atoms with Crippen LogP contribution in [0.1, 0.15) is 64.5 Å². The van der Waals surface area contributed by atoms with Gasteiger partial charge in [0.15, 0.2) is 0 Å². The van der Waals surface area contributed by atoms with Crippen LogP contribution in [-0.2, 0) is 6.54 Å². The van der Waals surface area contributed by atoms with E-state index in [0.29, 0.717) is 37.2 Å². The minimum Gasteiger partial charge on any atom is -0.494 e. The molecule has 0 bridgehead atoms. The molecule has 2 aromatic carbocycles. The highest BCUT2D eigenvalue weighted by molar-refractivity contribution is 5.67. The maximum atomic E-state index is 11.7. The molecular formula is C28H37N3O3. The third-order valence-corrected chi connectivity index (χ3v) is 6.59. The first-order valence-electron chi connectivity index (χ1n) is 12.2. The number of hydrogen-bond acceptors (Lipinski definition) is 4. The van der Waals surface area contributed by atoms with E-state index in [0.717, 1.165) is 48.1 Å². The van der Waals surface area contributed by atoms with Crippen molar-refractivity contribution in [3.05, 3.63) is 53.6 Å². The zero-order chi connectivity index (χ0) is 24.7. The van der Waals surface area contributed by atoms with Gasteiger partial charge in [-0.2, -0.15) is 5.26 Å². The van der Waals surface area contributed by atoms with Gasteiger partial charge in [-0.05, 0) is 94.7 Å². The van der Waals surface area contributed by atoms with Gasteiger partial charge in [0.05, 0.1) is 18.2 Å². The average molecular weight is 464 g/mol. The summed E-state index contributed by atoms with van der Waals surface area (Å²) >= 11 is 0. The molecule has 0 aliphatic heterocycles. The Labute approximate surface area is 203 Å². The Bertz CT molecular complexity index is 1010. The minimum atomic E-state index is -0.837. The van der Waals surface area contributed by atoms with Crippen LogP contribution in [-0.4, -0.2) is 40.8 Å². The van der Waals surface area contributed by atoms with E-state index in [2.05, 4.69) is 17.5 Å². The predicted octanol–water partition coefficient (Wildman–Crippen LogP) is 6.05. The largest absolute Gasteiger partial charge is 0.494 e. The van der Waals surface area contributed by atoms with Gasteiger partial charge in [-0.1, -0.05) is 18.2 Å². The Morgan fingerprint density at radius 2 is 1.85 bits per heavy atom. The first-order chi connectivity index (χ1) is 16.2. The molecule has 3 rings (SSSR count). The summed E-state index contributed by atoms with van der Waals surface area (Å²) < 4.78 is 5.87. The first-order valence-corrected chi connectivity index (χ1v) is 12.2. The number of carbonyl (C=O) groups is 1. The standard InChI is InChI=1S/C28H37N3O3/c1-5-34-26-14-11-23(22-8-6-7-21(15-22)17-29)16-24(26)18-30-25-12-9-20(10-13-25)19-31(27(32)33)28(2,3)4/h6-8,11,14-16,20,25,30H,5,9-10,12-13,18-19H2,1-4H3,(H,32,33). The Hall–Kier alpha value is -3.04. The molecule has 1 aliphatic carbocycles. The summed E-state index contributed by atoms with van der Waals surface area (Å²) in [5.41, 5.74) is 3.46. The monoisotopic (exact) mass is 463 g/mol. The number of nitriles is 1. The molecule has 0 heterocycles. The van der Waals surface area contributed by atoms with Gasteiger partial charge in [0.2, 0.25) is 0 Å². The molecule has 1 aliphatic rings. The highest BCUT2D eigenvalue weighted by atomic mass is 16.5. The van der Waals surface area contributed by atoms with E-state index in [-0.39, 0.29) is 5.54 Å². The van der Waals surface area contributed by atoms with Gasteiger partial charge in [0.25, 0.3) is 0 Å². The fourth-order valence-electron chi connectivity index (χ4n) is 4.66. The predicted molar refractivity (Wildman–Crippen MR) is 135 cm³/mol. The average Bonchev–Trinajstić information content (AvgIpc) is 2.82. The molecule has 1 saturated carbocycles. The minimum absolute atomic E-state index is 0.381. The molecule has 0 atom stereocenters. The van der Waals surface area contributed by atoms with Crippen LogP contribution < -0.4 is 10.1 Å². The quantitative estimate of drug-likeness (QED) is 0.498. The fraction of sp³-hybridized carbons (Fsp3) is 0.500. The molecule has 1 amide bonds. The number of hydrogen-bond donors (Lipinski definition) is 2. The molecule has 6 heteroatoms. The van der Waals surface area contributed by atoms with Crippen LogP contribution in [0.5, 0.6) is 5.75 Å². The zero-order valence-corrected chi connectivity index (χ0v) is 20.8. The second-order valence-electron chi connectivity index (χ2n) is 10.1. The number of nitrogens with zero attached hydrogens (tertiary/aromatic N) is 2. The van der Waals surface area contributed by atoms with Crippen LogP contribution in [0.15, 0.2) is 42.5 Å². The van der Waals surface area contributed by atoms with Gasteiger partial charge in [0.1, 0.15) is 5.75 Å². The molecule has 0 saturated heterocycles. The van der Waals surface area contributed by atoms with E-state index < -0.39 is 6.09 Å². The SMILES string of the molecule is CCOc1ccc(-c2cccc(C#N)c2)cc1CNC1CCC(CN(C(=O)O)C(C)(C)C)CC1. The number of benzene rings is 2. The maximum Gasteiger partial charge on any atom is 0.407 e. The molecular weight excluding hydrogens is 426 g/mol. The van der Waals surface area contributed by atoms with Gasteiger partial charge in [-0.3, -0.25) is 0 Å². The molecule has 6 nitrogen and oxygen atoms in total. The lowest BCUT2D eigenvalue weighted by Gasteiger charge is -2.38. The van der Waals surface area contributed by atoms with Crippen molar-refractivity contribution in [3.63, 3.8) is 0 Å². The van der Waals surface area contributed by atoms with Crippen molar-refractivity contribution in [2.45, 2.75) is 71.5 Å². The van der Waals surface area contributed by atoms with Crippen LogP contribution in [0, 0.1) is 17.2 Å². The highest BCUT2D eigenvalue weighted by Gasteiger charge is 2.30. The van der Waals surface area contributed by atoms with E-state index in [1.54, 1.807) is 4.90 Å². The molecule has 34 heavy (non-hydrogen) atoms. The summed E-state index contributed by atoms with van der Waals surface area (Å²) in [4.78, 5) is 13.3. The zero-order valence-electron chi connectivity index (χ0n) is 20.8. The summed E-state index contributed by atoms with van der Waals surface area (Å²) in [5.74, 6) is 1.29. The number of nitrogens with one attached hydrogen (secondary N) is 1. The van der Waals surface area contributed by atoms with Crippen molar-refractivity contribution in [2.24, 2.45) is 5.92 Å². The lowest BCUT2D eigenvalue weighted by atomic mass is 9.85. The van der Waals surface area contributed by atoms with Crippen molar-refractivity contribution >= 4 is 6.09 Å². The van der Waals surface area contributed by atoms with Crippen molar-refractivity contribution < 1.29 is 14.6 Å². The van der Waals surface area contributed by atoms with Crippen LogP contribution in [0.2, 0.25) is 0 Å². The Kier molecular flexibility index (Phi) is 8.57. The van der Waals surface area contributed by atoms with Crippen LogP contribution in [0.4, 0.5) is 4.79 Å². The smallest absolute Gasteiger partial charge is 0.407 e.